The molecule has 0 spiro atoms. The highest BCUT2D eigenvalue weighted by Gasteiger charge is 2.10. The first-order chi connectivity index (χ1) is 7.68. The number of benzene rings is 1. The van der Waals surface area contributed by atoms with Crippen molar-refractivity contribution in [3.8, 4) is 0 Å². The number of aryl methyl sites for hydroxylation is 2. The number of hydrogen-bond acceptors (Lipinski definition) is 3. The Hall–Kier alpha value is -2.10. The maximum absolute atomic E-state index is 5.83. The van der Waals surface area contributed by atoms with Crippen LogP contribution >= 0.6 is 0 Å². The Morgan fingerprint density at radius 2 is 2.19 bits per heavy atom. The lowest BCUT2D eigenvalue weighted by molar-refractivity contribution is 0.968. The summed E-state index contributed by atoms with van der Waals surface area (Å²) >= 11 is 0. The van der Waals surface area contributed by atoms with E-state index < -0.39 is 0 Å². The van der Waals surface area contributed by atoms with Gasteiger partial charge in [0.05, 0.1) is 16.6 Å². The van der Waals surface area contributed by atoms with Crippen molar-refractivity contribution in [3.05, 3.63) is 30.0 Å². The van der Waals surface area contributed by atoms with Crippen molar-refractivity contribution in [2.24, 2.45) is 7.05 Å². The molecule has 0 aliphatic carbocycles. The molecule has 0 bridgehead atoms. The van der Waals surface area contributed by atoms with Gasteiger partial charge < -0.3 is 10.3 Å². The summed E-state index contributed by atoms with van der Waals surface area (Å²) in [5, 5.41) is 1.10. The van der Waals surface area contributed by atoms with Gasteiger partial charge in [0.1, 0.15) is 0 Å². The van der Waals surface area contributed by atoms with Gasteiger partial charge in [0, 0.05) is 18.6 Å². The lowest BCUT2D eigenvalue weighted by atomic mass is 10.1. The highest BCUT2D eigenvalue weighted by atomic mass is 15.1. The molecule has 2 aromatic heterocycles. The maximum Gasteiger partial charge on any atom is 0.200 e. The fraction of sp³-hybridized carbons (Fsp3) is 0.167. The Kier molecular flexibility index (Phi) is 1.68. The average Bonchev–Trinajstić information content (AvgIpc) is 2.55. The summed E-state index contributed by atoms with van der Waals surface area (Å²) in [6.45, 7) is 2.04. The number of rotatable bonds is 0. The van der Waals surface area contributed by atoms with Crippen molar-refractivity contribution < 1.29 is 0 Å². The molecule has 0 saturated heterocycles. The van der Waals surface area contributed by atoms with Crippen LogP contribution in [0.15, 0.2) is 24.4 Å². The highest BCUT2D eigenvalue weighted by molar-refractivity contribution is 6.05. The lowest BCUT2D eigenvalue weighted by Crippen LogP contribution is -1.96. The minimum absolute atomic E-state index is 0.533. The molecule has 3 aromatic rings. The largest absolute Gasteiger partial charge is 0.369 e. The number of nitrogen functional groups attached to an aromatic ring is 1. The summed E-state index contributed by atoms with van der Waals surface area (Å²) in [6, 6.07) is 6.02. The molecule has 16 heavy (non-hydrogen) atoms. The number of nitrogens with zero attached hydrogens (tertiary/aromatic N) is 3. The van der Waals surface area contributed by atoms with E-state index >= 15 is 0 Å². The third-order valence-corrected chi connectivity index (χ3v) is 2.95. The second-order valence-corrected chi connectivity index (χ2v) is 3.99. The van der Waals surface area contributed by atoms with E-state index in [1.807, 2.05) is 30.7 Å². The molecule has 4 nitrogen and oxygen atoms in total. The standard InChI is InChI=1S/C12H12N4/c1-7-6-9-11(16(2)12(13)15-9)8-4-3-5-14-10(7)8/h3-6H,1-2H3,(H2,13,15). The summed E-state index contributed by atoms with van der Waals surface area (Å²) < 4.78 is 1.90. The Balaban J connectivity index is 2.66. The molecule has 0 fully saturated rings. The zero-order valence-corrected chi connectivity index (χ0v) is 9.23. The van der Waals surface area contributed by atoms with E-state index in [9.17, 15) is 0 Å². The summed E-state index contributed by atoms with van der Waals surface area (Å²) in [4.78, 5) is 8.74. The van der Waals surface area contributed by atoms with Crippen LogP contribution in [0.2, 0.25) is 0 Å². The predicted octanol–water partition coefficient (Wildman–Crippen LogP) is 2.01. The van der Waals surface area contributed by atoms with Gasteiger partial charge in [-0.05, 0) is 30.7 Å². The van der Waals surface area contributed by atoms with Crippen LogP contribution < -0.4 is 5.73 Å². The third kappa shape index (κ3) is 1.04. The Morgan fingerprint density at radius 3 is 3.00 bits per heavy atom. The minimum atomic E-state index is 0.533. The van der Waals surface area contributed by atoms with Gasteiger partial charge in [-0.3, -0.25) is 4.98 Å². The summed E-state index contributed by atoms with van der Waals surface area (Å²) in [5.41, 5.74) is 9.94. The molecule has 2 N–H and O–H groups in total. The molecular weight excluding hydrogens is 200 g/mol. The average molecular weight is 212 g/mol. The van der Waals surface area contributed by atoms with Gasteiger partial charge in [-0.1, -0.05) is 0 Å². The highest BCUT2D eigenvalue weighted by Crippen LogP contribution is 2.27. The monoisotopic (exact) mass is 212 g/mol. The fourth-order valence-corrected chi connectivity index (χ4v) is 2.14. The molecule has 0 unspecified atom stereocenters. The number of fused-ring (bicyclic) bond motifs is 3. The molecule has 0 atom stereocenters. The second kappa shape index (κ2) is 2.95. The van der Waals surface area contributed by atoms with Crippen LogP contribution in [-0.2, 0) is 7.05 Å². The van der Waals surface area contributed by atoms with Crippen LogP contribution in [0, 0.1) is 6.92 Å². The van der Waals surface area contributed by atoms with E-state index in [1.165, 1.54) is 0 Å². The van der Waals surface area contributed by atoms with Crippen molar-refractivity contribution in [3.63, 3.8) is 0 Å². The van der Waals surface area contributed by atoms with Crippen molar-refractivity contribution >= 4 is 27.9 Å². The minimum Gasteiger partial charge on any atom is -0.369 e. The molecule has 0 amide bonds. The molecule has 1 aromatic carbocycles. The van der Waals surface area contributed by atoms with Crippen molar-refractivity contribution in [2.45, 2.75) is 6.92 Å². The second-order valence-electron chi connectivity index (χ2n) is 3.99. The topological polar surface area (TPSA) is 56.7 Å². The van der Waals surface area contributed by atoms with E-state index in [0.29, 0.717) is 5.95 Å². The SMILES string of the molecule is Cc1cc2nc(N)n(C)c2c2cccnc12. The molecule has 0 radical (unpaired) electrons. The van der Waals surface area contributed by atoms with Crippen LogP contribution in [-0.4, -0.2) is 14.5 Å². The Bertz CT molecular complexity index is 697. The molecule has 0 aliphatic rings. The molecule has 2 heterocycles. The first kappa shape index (κ1) is 9.15. The quantitative estimate of drug-likeness (QED) is 0.620. The zero-order chi connectivity index (χ0) is 11.3. The first-order valence-electron chi connectivity index (χ1n) is 5.14. The summed E-state index contributed by atoms with van der Waals surface area (Å²) in [6.07, 6.45) is 1.81. The van der Waals surface area contributed by atoms with Crippen LogP contribution in [0.5, 0.6) is 0 Å². The number of anilines is 1. The normalized spacial score (nSPS) is 11.4. The van der Waals surface area contributed by atoms with Crippen LogP contribution in [0.1, 0.15) is 5.56 Å². The molecule has 80 valence electrons. The number of hydrogen-bond donors (Lipinski definition) is 1. The third-order valence-electron chi connectivity index (χ3n) is 2.95. The molecule has 3 rings (SSSR count). The van der Waals surface area contributed by atoms with Crippen LogP contribution in [0.4, 0.5) is 5.95 Å². The number of imidazole rings is 1. The van der Waals surface area contributed by atoms with E-state index in [2.05, 4.69) is 16.0 Å². The van der Waals surface area contributed by atoms with Gasteiger partial charge in [0.15, 0.2) is 0 Å². The van der Waals surface area contributed by atoms with Gasteiger partial charge in [0.25, 0.3) is 0 Å². The molecule has 0 saturated carbocycles. The number of nitrogens with two attached hydrogens (primary N) is 1. The van der Waals surface area contributed by atoms with Gasteiger partial charge in [-0.2, -0.15) is 0 Å². The maximum atomic E-state index is 5.83. The zero-order valence-electron chi connectivity index (χ0n) is 9.23. The van der Waals surface area contributed by atoms with Gasteiger partial charge >= 0.3 is 0 Å². The van der Waals surface area contributed by atoms with Gasteiger partial charge in [0.2, 0.25) is 5.95 Å². The molecule has 0 aliphatic heterocycles. The van der Waals surface area contributed by atoms with Gasteiger partial charge in [-0.15, -0.1) is 0 Å². The summed E-state index contributed by atoms with van der Waals surface area (Å²) in [7, 11) is 1.92. The van der Waals surface area contributed by atoms with E-state index in [-0.39, 0.29) is 0 Å². The van der Waals surface area contributed by atoms with Gasteiger partial charge in [-0.25, -0.2) is 4.98 Å². The van der Waals surface area contributed by atoms with Crippen molar-refractivity contribution in [1.29, 1.82) is 0 Å². The smallest absolute Gasteiger partial charge is 0.200 e. The van der Waals surface area contributed by atoms with Crippen molar-refractivity contribution in [1.82, 2.24) is 14.5 Å². The van der Waals surface area contributed by atoms with Crippen LogP contribution in [0.25, 0.3) is 21.9 Å². The molecule has 4 heteroatoms. The number of aromatic nitrogens is 3. The van der Waals surface area contributed by atoms with E-state index in [4.69, 9.17) is 5.73 Å². The Labute approximate surface area is 92.7 Å². The number of pyridine rings is 1. The lowest BCUT2D eigenvalue weighted by Gasteiger charge is -2.04. The van der Waals surface area contributed by atoms with Crippen molar-refractivity contribution in [2.75, 3.05) is 5.73 Å². The fourth-order valence-electron chi connectivity index (χ4n) is 2.14. The van der Waals surface area contributed by atoms with E-state index in [1.54, 1.807) is 6.20 Å². The van der Waals surface area contributed by atoms with Crippen LogP contribution in [0.3, 0.4) is 0 Å². The molecular formula is C12H12N4. The predicted molar refractivity (Wildman–Crippen MR) is 65.2 cm³/mol. The van der Waals surface area contributed by atoms with E-state index in [0.717, 1.165) is 27.5 Å². The Morgan fingerprint density at radius 1 is 1.38 bits per heavy atom. The summed E-state index contributed by atoms with van der Waals surface area (Å²) in [5.74, 6) is 0.533. The first-order valence-corrected chi connectivity index (χ1v) is 5.14.